The molecule has 14 heavy (non-hydrogen) atoms. The fraction of sp³-hybridized carbons (Fsp3) is 0.273. The van der Waals surface area contributed by atoms with E-state index in [0.717, 1.165) is 5.75 Å². The van der Waals surface area contributed by atoms with Gasteiger partial charge < -0.3 is 0 Å². The molecule has 0 bridgehead atoms. The molecular weight excluding hydrogens is 194 g/mol. The van der Waals surface area contributed by atoms with E-state index in [-0.39, 0.29) is 5.60 Å². The Morgan fingerprint density at radius 3 is 2.71 bits per heavy atom. The fourth-order valence-corrected chi connectivity index (χ4v) is 2.34. The third-order valence-electron chi connectivity index (χ3n) is 2.28. The van der Waals surface area contributed by atoms with Crippen molar-refractivity contribution in [1.82, 2.24) is 5.48 Å². The van der Waals surface area contributed by atoms with Crippen LogP contribution in [0.2, 0.25) is 0 Å². The number of hydroxylamine groups is 1. The van der Waals surface area contributed by atoms with E-state index in [1.165, 1.54) is 5.56 Å². The highest BCUT2D eigenvalue weighted by Gasteiger charge is 2.33. The van der Waals surface area contributed by atoms with Gasteiger partial charge in [-0.25, -0.2) is 0 Å². The Bertz CT molecular complexity index is 325. The molecule has 1 N–H and O–H groups in total. The van der Waals surface area contributed by atoms with Gasteiger partial charge in [-0.2, -0.15) is 11.8 Å². The molecule has 74 valence electrons. The molecule has 3 heteroatoms. The normalized spacial score (nSPS) is 24.9. The largest absolute Gasteiger partial charge is 0.273 e. The molecule has 2 rings (SSSR count). The Balaban J connectivity index is 2.32. The van der Waals surface area contributed by atoms with Crippen molar-refractivity contribution >= 4 is 11.8 Å². The molecular formula is C11H13NOS. The van der Waals surface area contributed by atoms with Crippen molar-refractivity contribution in [3.8, 4) is 0 Å². The maximum absolute atomic E-state index is 5.59. The van der Waals surface area contributed by atoms with E-state index in [2.05, 4.69) is 29.9 Å². The van der Waals surface area contributed by atoms with Gasteiger partial charge in [0, 0.05) is 12.0 Å². The lowest BCUT2D eigenvalue weighted by Gasteiger charge is -2.25. The van der Waals surface area contributed by atoms with Crippen LogP contribution in [0.1, 0.15) is 5.56 Å². The number of hydrogen-bond acceptors (Lipinski definition) is 3. The minimum Gasteiger partial charge on any atom is -0.273 e. The zero-order valence-corrected chi connectivity index (χ0v) is 8.88. The van der Waals surface area contributed by atoms with E-state index in [1.54, 1.807) is 11.8 Å². The minimum atomic E-state index is -0.291. The van der Waals surface area contributed by atoms with E-state index < -0.39 is 0 Å². The monoisotopic (exact) mass is 207 g/mol. The van der Waals surface area contributed by atoms with Gasteiger partial charge in [-0.05, 0) is 17.9 Å². The van der Waals surface area contributed by atoms with E-state index in [0.29, 0.717) is 0 Å². The number of nitrogens with one attached hydrogen (secondary N) is 1. The zero-order chi connectivity index (χ0) is 9.86. The van der Waals surface area contributed by atoms with E-state index >= 15 is 0 Å². The lowest BCUT2D eigenvalue weighted by atomic mass is 9.96. The van der Waals surface area contributed by atoms with Gasteiger partial charge in [-0.3, -0.25) is 10.3 Å². The first kappa shape index (κ1) is 9.62. The minimum absolute atomic E-state index is 0.291. The van der Waals surface area contributed by atoms with Crippen LogP contribution >= 0.6 is 11.8 Å². The van der Waals surface area contributed by atoms with Crippen LogP contribution in [0.25, 0.3) is 0 Å². The summed E-state index contributed by atoms with van der Waals surface area (Å²) in [7, 11) is 0. The van der Waals surface area contributed by atoms with Gasteiger partial charge in [0.1, 0.15) is 5.60 Å². The second-order valence-electron chi connectivity index (χ2n) is 3.24. The van der Waals surface area contributed by atoms with Crippen LogP contribution in [-0.2, 0) is 10.4 Å². The summed E-state index contributed by atoms with van der Waals surface area (Å²) in [5.41, 5.74) is 3.70. The summed E-state index contributed by atoms with van der Waals surface area (Å²) in [6, 6.07) is 10.3. The summed E-state index contributed by atoms with van der Waals surface area (Å²) in [5, 5.41) is 0. The molecule has 1 atom stereocenters. The van der Waals surface area contributed by atoms with Crippen molar-refractivity contribution in [1.29, 1.82) is 0 Å². The van der Waals surface area contributed by atoms with Crippen LogP contribution in [-0.4, -0.2) is 12.0 Å². The average Bonchev–Trinajstić information content (AvgIpc) is 2.70. The zero-order valence-electron chi connectivity index (χ0n) is 8.07. The highest BCUT2D eigenvalue weighted by Crippen LogP contribution is 2.32. The molecule has 0 saturated carbocycles. The molecule has 2 nitrogen and oxygen atoms in total. The highest BCUT2D eigenvalue weighted by molar-refractivity contribution is 7.98. The number of benzene rings is 1. The van der Waals surface area contributed by atoms with Gasteiger partial charge in [0.05, 0.1) is 0 Å². The van der Waals surface area contributed by atoms with E-state index in [1.807, 2.05) is 24.4 Å². The Morgan fingerprint density at radius 2 is 2.14 bits per heavy atom. The topological polar surface area (TPSA) is 21.3 Å². The van der Waals surface area contributed by atoms with Crippen molar-refractivity contribution in [3.05, 3.63) is 48.2 Å². The van der Waals surface area contributed by atoms with Crippen LogP contribution in [0.15, 0.2) is 42.6 Å². The highest BCUT2D eigenvalue weighted by atomic mass is 32.2. The van der Waals surface area contributed by atoms with Crippen LogP contribution in [0.3, 0.4) is 0 Å². The summed E-state index contributed by atoms with van der Waals surface area (Å²) in [5.74, 6) is 0.917. The van der Waals surface area contributed by atoms with Crippen molar-refractivity contribution in [3.63, 3.8) is 0 Å². The van der Waals surface area contributed by atoms with Crippen molar-refractivity contribution in [2.24, 2.45) is 0 Å². The van der Waals surface area contributed by atoms with Gasteiger partial charge >= 0.3 is 0 Å². The average molecular weight is 207 g/mol. The van der Waals surface area contributed by atoms with Crippen molar-refractivity contribution in [2.45, 2.75) is 5.60 Å². The lowest BCUT2D eigenvalue weighted by Crippen LogP contribution is -2.29. The van der Waals surface area contributed by atoms with Gasteiger partial charge in [0.2, 0.25) is 0 Å². The maximum atomic E-state index is 5.59. The molecule has 0 saturated heterocycles. The molecule has 1 aromatic carbocycles. The Hall–Kier alpha value is -0.930. The molecule has 0 aromatic heterocycles. The summed E-state index contributed by atoms with van der Waals surface area (Å²) in [6.45, 7) is 0. The SMILES string of the molecule is CSCC1(c2ccccc2)C=CNO1. The van der Waals surface area contributed by atoms with E-state index in [4.69, 9.17) is 4.84 Å². The van der Waals surface area contributed by atoms with Crippen LogP contribution in [0.4, 0.5) is 0 Å². The van der Waals surface area contributed by atoms with E-state index in [9.17, 15) is 0 Å². The molecule has 0 radical (unpaired) electrons. The third-order valence-corrected chi connectivity index (χ3v) is 3.00. The number of hydrogen-bond donors (Lipinski definition) is 1. The van der Waals surface area contributed by atoms with Crippen molar-refractivity contribution < 1.29 is 4.84 Å². The smallest absolute Gasteiger partial charge is 0.150 e. The van der Waals surface area contributed by atoms with Gasteiger partial charge in [-0.1, -0.05) is 30.3 Å². The van der Waals surface area contributed by atoms with Gasteiger partial charge in [0.25, 0.3) is 0 Å². The Kier molecular flexibility index (Phi) is 2.79. The molecule has 1 heterocycles. The van der Waals surface area contributed by atoms with Gasteiger partial charge in [-0.15, -0.1) is 0 Å². The van der Waals surface area contributed by atoms with Crippen LogP contribution in [0, 0.1) is 0 Å². The molecule has 0 aliphatic carbocycles. The second kappa shape index (κ2) is 4.07. The number of thioether (sulfide) groups is 1. The van der Waals surface area contributed by atoms with Crippen LogP contribution in [0.5, 0.6) is 0 Å². The first-order valence-electron chi connectivity index (χ1n) is 4.53. The predicted molar refractivity (Wildman–Crippen MR) is 59.9 cm³/mol. The Labute approximate surface area is 88.3 Å². The fourth-order valence-electron chi connectivity index (χ4n) is 1.59. The molecule has 1 aliphatic rings. The summed E-state index contributed by atoms with van der Waals surface area (Å²) in [4.78, 5) is 5.59. The standard InChI is InChI=1S/C11H13NOS/c1-14-9-11(7-8-12-13-11)10-5-3-2-4-6-10/h2-8,12H,9H2,1H3. The molecule has 1 aliphatic heterocycles. The summed E-state index contributed by atoms with van der Waals surface area (Å²) >= 11 is 1.78. The predicted octanol–water partition coefficient (Wildman–Crippen LogP) is 2.29. The van der Waals surface area contributed by atoms with Gasteiger partial charge in [0.15, 0.2) is 0 Å². The summed E-state index contributed by atoms with van der Waals surface area (Å²) < 4.78 is 0. The molecule has 0 fully saturated rings. The molecule has 0 amide bonds. The molecule has 1 aromatic rings. The number of rotatable bonds is 3. The second-order valence-corrected chi connectivity index (χ2v) is 4.11. The van der Waals surface area contributed by atoms with Crippen LogP contribution < -0.4 is 5.48 Å². The first-order valence-corrected chi connectivity index (χ1v) is 5.92. The van der Waals surface area contributed by atoms with Crippen molar-refractivity contribution in [2.75, 3.05) is 12.0 Å². The first-order chi connectivity index (χ1) is 6.87. The summed E-state index contributed by atoms with van der Waals surface area (Å²) in [6.07, 6.45) is 6.00. The maximum Gasteiger partial charge on any atom is 0.150 e. The Morgan fingerprint density at radius 1 is 1.36 bits per heavy atom. The lowest BCUT2D eigenvalue weighted by molar-refractivity contribution is -0.0245. The quantitative estimate of drug-likeness (QED) is 0.821. The molecule has 1 unspecified atom stereocenters. The molecule has 0 spiro atoms. The third kappa shape index (κ3) is 1.65.